The lowest BCUT2D eigenvalue weighted by Crippen LogP contribution is -2.49. The second-order valence-corrected chi connectivity index (χ2v) is 16.3. The molecular weight excluding hydrogens is 953 g/mol. The Balaban J connectivity index is 2.16. The summed E-state index contributed by atoms with van der Waals surface area (Å²) >= 11 is 0. The molecule has 24 heteroatoms. The maximum Gasteiger partial charge on any atom is 0.352 e. The predicted octanol–water partition coefficient (Wildman–Crippen LogP) is 1.53. The molecule has 3 aromatic heterocycles. The summed E-state index contributed by atoms with van der Waals surface area (Å²) < 4.78 is 39.4. The van der Waals surface area contributed by atoms with E-state index < -0.39 is 108 Å². The van der Waals surface area contributed by atoms with Crippen molar-refractivity contribution in [1.82, 2.24) is 20.3 Å². The number of esters is 8. The van der Waals surface area contributed by atoms with Crippen LogP contribution in [0.1, 0.15) is 110 Å². The molecule has 3 aromatic rings. The summed E-state index contributed by atoms with van der Waals surface area (Å²) in [7, 11) is 9.09. The van der Waals surface area contributed by atoms with Crippen molar-refractivity contribution in [2.45, 2.75) is 95.4 Å². The van der Waals surface area contributed by atoms with Crippen molar-refractivity contribution in [1.29, 1.82) is 0 Å². The third kappa shape index (κ3) is 13.6. The number of carboxylic acid groups (broad SMARTS) is 1. The van der Waals surface area contributed by atoms with Crippen LogP contribution in [0, 0.1) is 0 Å². The number of H-pyrrole nitrogens is 3. The van der Waals surface area contributed by atoms with Gasteiger partial charge in [-0.05, 0) is 64.6 Å². The lowest BCUT2D eigenvalue weighted by molar-refractivity contribution is -0.141. The number of ether oxygens (including phenoxy) is 8. The van der Waals surface area contributed by atoms with Gasteiger partial charge in [0.25, 0.3) is 0 Å². The van der Waals surface area contributed by atoms with Crippen LogP contribution in [0.5, 0.6) is 0 Å². The van der Waals surface area contributed by atoms with Gasteiger partial charge in [0.2, 0.25) is 11.7 Å². The van der Waals surface area contributed by atoms with E-state index in [1.54, 1.807) is 0 Å². The van der Waals surface area contributed by atoms with Crippen LogP contribution >= 0.6 is 0 Å². The molecule has 0 spiro atoms. The quantitative estimate of drug-likeness (QED) is 0.0411. The summed E-state index contributed by atoms with van der Waals surface area (Å²) in [4.78, 5) is 154. The van der Waals surface area contributed by atoms with E-state index in [4.69, 9.17) is 37.9 Å². The van der Waals surface area contributed by atoms with Gasteiger partial charge < -0.3 is 63.3 Å². The Morgan fingerprint density at radius 2 is 0.889 bits per heavy atom. The Kier molecular flexibility index (Phi) is 20.2. The molecule has 0 radical (unpaired) electrons. The smallest absolute Gasteiger partial charge is 0.352 e. The van der Waals surface area contributed by atoms with Gasteiger partial charge in [-0.2, -0.15) is 0 Å². The average molecular weight is 1010 g/mol. The van der Waals surface area contributed by atoms with Gasteiger partial charge in [0.05, 0.1) is 99.5 Å². The van der Waals surface area contributed by atoms with E-state index in [9.17, 15) is 53.1 Å². The highest BCUT2D eigenvalue weighted by Gasteiger charge is 2.48. The first-order chi connectivity index (χ1) is 34.2. The van der Waals surface area contributed by atoms with E-state index in [0.29, 0.717) is 16.8 Å². The van der Waals surface area contributed by atoms with Gasteiger partial charge in [0.15, 0.2) is 0 Å². The summed E-state index contributed by atoms with van der Waals surface area (Å²) in [6.07, 6.45) is -3.26. The number of aromatic carboxylic acids is 1. The standard InChI is InChI=1S/C48H58N4O20/c1-65-34(53)13-9-25-24(17-38(57)69-5)23-49-32(25)21-48(31(20-41(60)72-8)28(46(62)52-48)12-16-37(56)68-4)22-33-29(18-39(58)70-6)26(10-14-35(54)66-2)42(50-33)45(61)43-30(19-40(59)71-7)27(11-15-36(55)67-3)44(51-43)47(63)64/h23,49-51H,9-22H2,1-8H3,(H,52,62)(H,63,64). The Bertz CT molecular complexity index is 2650. The molecule has 24 nitrogen and oxygen atoms in total. The van der Waals surface area contributed by atoms with Gasteiger partial charge >= 0.3 is 53.7 Å². The topological polar surface area (TPSA) is 341 Å². The third-order valence-electron chi connectivity index (χ3n) is 12.3. The highest BCUT2D eigenvalue weighted by molar-refractivity contribution is 6.11. The molecule has 4 rings (SSSR count). The van der Waals surface area contributed by atoms with Crippen molar-refractivity contribution >= 4 is 65.4 Å². The summed E-state index contributed by atoms with van der Waals surface area (Å²) in [5.41, 5.74) is -1.86. The largest absolute Gasteiger partial charge is 0.477 e. The van der Waals surface area contributed by atoms with E-state index in [2.05, 4.69) is 20.3 Å². The monoisotopic (exact) mass is 1010 g/mol. The molecule has 72 heavy (non-hydrogen) atoms. The number of carboxylic acids is 1. The van der Waals surface area contributed by atoms with Gasteiger partial charge in [0.1, 0.15) is 5.69 Å². The van der Waals surface area contributed by atoms with Crippen LogP contribution in [-0.4, -0.2) is 148 Å². The van der Waals surface area contributed by atoms with Crippen LogP contribution in [-0.2, 0) is 132 Å². The molecule has 0 bridgehead atoms. The van der Waals surface area contributed by atoms with Crippen LogP contribution < -0.4 is 5.32 Å². The lowest BCUT2D eigenvalue weighted by atomic mass is 9.77. The van der Waals surface area contributed by atoms with Gasteiger partial charge in [-0.25, -0.2) is 4.79 Å². The second kappa shape index (κ2) is 25.7. The number of amides is 1. The summed E-state index contributed by atoms with van der Waals surface area (Å²) in [6.45, 7) is 0. The van der Waals surface area contributed by atoms with Crippen molar-refractivity contribution in [3.63, 3.8) is 0 Å². The normalized spacial score (nSPS) is 14.0. The zero-order valence-corrected chi connectivity index (χ0v) is 41.2. The number of carbonyl (C=O) groups is 11. The minimum atomic E-state index is -1.76. The Morgan fingerprint density at radius 1 is 0.472 bits per heavy atom. The Hall–Kier alpha value is -8.05. The van der Waals surface area contributed by atoms with Crippen molar-refractivity contribution in [3.8, 4) is 0 Å². The molecule has 0 saturated heterocycles. The number of carbonyl (C=O) groups excluding carboxylic acids is 10. The predicted molar refractivity (Wildman–Crippen MR) is 244 cm³/mol. The zero-order valence-electron chi connectivity index (χ0n) is 41.2. The Labute approximate surface area is 412 Å². The van der Waals surface area contributed by atoms with E-state index in [0.717, 1.165) is 42.7 Å². The molecule has 1 amide bonds. The molecule has 0 aliphatic carbocycles. The van der Waals surface area contributed by atoms with Gasteiger partial charge in [0, 0.05) is 61.7 Å². The first-order valence-electron chi connectivity index (χ1n) is 22.3. The van der Waals surface area contributed by atoms with E-state index in [1.807, 2.05) is 0 Å². The highest BCUT2D eigenvalue weighted by atomic mass is 16.5. The van der Waals surface area contributed by atoms with E-state index in [-0.39, 0.29) is 109 Å². The first-order valence-corrected chi connectivity index (χ1v) is 22.3. The number of nitrogens with one attached hydrogen (secondary N) is 4. The third-order valence-corrected chi connectivity index (χ3v) is 12.3. The fourth-order valence-corrected chi connectivity index (χ4v) is 8.68. The SMILES string of the molecule is COC(=O)CCC1=C(CC(=O)OC)C(Cc2[nH]cc(CC(=O)OC)c2CCC(=O)OC)(Cc2[nH]c(C(=O)c3[nH]c(C(=O)O)c(CCC(=O)OC)c3CC(=O)OC)c(CCC(=O)OC)c2CC(=O)OC)NC1=O. The molecule has 1 aliphatic rings. The van der Waals surface area contributed by atoms with Crippen LogP contribution in [0.2, 0.25) is 0 Å². The lowest BCUT2D eigenvalue weighted by Gasteiger charge is -2.33. The fraction of sp³-hybridized carbons (Fsp3) is 0.479. The number of aromatic nitrogens is 3. The number of ketones is 1. The molecule has 1 unspecified atom stereocenters. The minimum Gasteiger partial charge on any atom is -0.477 e. The summed E-state index contributed by atoms with van der Waals surface area (Å²) in [5.74, 6) is -9.18. The molecule has 1 aliphatic heterocycles. The first kappa shape index (κ1) is 56.5. The van der Waals surface area contributed by atoms with Crippen LogP contribution in [0.4, 0.5) is 0 Å². The second-order valence-electron chi connectivity index (χ2n) is 16.3. The number of rotatable bonds is 27. The number of hydrogen-bond acceptors (Lipinski definition) is 19. The van der Waals surface area contributed by atoms with Gasteiger partial charge in [-0.1, -0.05) is 0 Å². The fourth-order valence-electron chi connectivity index (χ4n) is 8.68. The molecule has 0 fully saturated rings. The maximum atomic E-state index is 15.2. The molecule has 0 aromatic carbocycles. The molecule has 0 saturated carbocycles. The molecule has 5 N–H and O–H groups in total. The number of hydrogen-bond donors (Lipinski definition) is 5. The van der Waals surface area contributed by atoms with Crippen LogP contribution in [0.3, 0.4) is 0 Å². The zero-order chi connectivity index (χ0) is 53.4. The van der Waals surface area contributed by atoms with Gasteiger partial charge in [-0.15, -0.1) is 0 Å². The number of methoxy groups -OCH3 is 8. The van der Waals surface area contributed by atoms with Crippen molar-refractivity contribution in [2.24, 2.45) is 0 Å². The van der Waals surface area contributed by atoms with Crippen LogP contribution in [0.25, 0.3) is 0 Å². The van der Waals surface area contributed by atoms with E-state index in [1.165, 1.54) is 20.4 Å². The number of aromatic amines is 3. The van der Waals surface area contributed by atoms with Crippen molar-refractivity contribution in [3.05, 3.63) is 79.2 Å². The van der Waals surface area contributed by atoms with Crippen molar-refractivity contribution in [2.75, 3.05) is 56.9 Å². The Morgan fingerprint density at radius 3 is 1.39 bits per heavy atom. The van der Waals surface area contributed by atoms with Gasteiger partial charge in [-0.3, -0.25) is 47.9 Å². The summed E-state index contributed by atoms with van der Waals surface area (Å²) in [5, 5.41) is 13.3. The van der Waals surface area contributed by atoms with E-state index >= 15 is 4.79 Å². The van der Waals surface area contributed by atoms with Crippen LogP contribution in [0.15, 0.2) is 17.3 Å². The molecule has 1 atom stereocenters. The van der Waals surface area contributed by atoms with Crippen molar-refractivity contribution < 1.29 is 95.7 Å². The minimum absolute atomic E-state index is 0.00350. The maximum absolute atomic E-state index is 15.2. The molecule has 4 heterocycles. The average Bonchev–Trinajstić information content (AvgIpc) is 4.09. The molecule has 390 valence electrons. The summed E-state index contributed by atoms with van der Waals surface area (Å²) in [6, 6.07) is 0. The molecular formula is C48H58N4O20. The highest BCUT2D eigenvalue weighted by Crippen LogP contribution is 2.41.